The molecule has 0 unspecified atom stereocenters. The van der Waals surface area contributed by atoms with Crippen molar-refractivity contribution < 1.29 is 0 Å². The topological polar surface area (TPSA) is 25.2 Å². The van der Waals surface area contributed by atoms with Crippen LogP contribution in [-0.4, -0.2) is 11.7 Å². The van der Waals surface area contributed by atoms with Crippen LogP contribution in [0.4, 0.5) is 0 Å². The fraction of sp³-hybridized carbons (Fsp3) is 0.111. The highest BCUT2D eigenvalue weighted by atomic mass is 14.8. The van der Waals surface area contributed by atoms with Gasteiger partial charge in [-0.05, 0) is 25.8 Å². The summed E-state index contributed by atoms with van der Waals surface area (Å²) in [6.45, 7) is 5.37. The molecule has 0 saturated heterocycles. The van der Waals surface area contributed by atoms with E-state index >= 15 is 0 Å². The molecule has 56 valence electrons. The average Bonchev–Trinajstić information content (AvgIpc) is 2.09. The minimum absolute atomic E-state index is 0.825. The van der Waals surface area contributed by atoms with Crippen LogP contribution >= 0.6 is 0 Å². The van der Waals surface area contributed by atoms with Crippen LogP contribution in [0.2, 0.25) is 0 Å². The molecule has 0 spiro atoms. The first-order valence-electron chi connectivity index (χ1n) is 3.43. The minimum Gasteiger partial charge on any atom is -0.263 e. The molecule has 0 bridgehead atoms. The van der Waals surface area contributed by atoms with E-state index in [1.807, 2.05) is 31.2 Å². The Balaban J connectivity index is 3.01. The van der Waals surface area contributed by atoms with E-state index in [1.54, 1.807) is 6.20 Å². The Labute approximate surface area is 66.3 Å². The molecule has 0 amide bonds. The summed E-state index contributed by atoms with van der Waals surface area (Å²) < 4.78 is 0. The van der Waals surface area contributed by atoms with Crippen molar-refractivity contribution in [1.29, 1.82) is 0 Å². The second-order valence-corrected chi connectivity index (χ2v) is 2.05. The summed E-state index contributed by atoms with van der Waals surface area (Å²) in [4.78, 5) is 7.94. The monoisotopic (exact) mass is 146 g/mol. The lowest BCUT2D eigenvalue weighted by molar-refractivity contribution is 1.25. The highest BCUT2D eigenvalue weighted by Crippen LogP contribution is 2.10. The van der Waals surface area contributed by atoms with E-state index < -0.39 is 0 Å². The van der Waals surface area contributed by atoms with E-state index in [1.165, 1.54) is 0 Å². The molecule has 2 heteroatoms. The highest BCUT2D eigenvalue weighted by Gasteiger charge is 1.94. The van der Waals surface area contributed by atoms with Gasteiger partial charge in [0.2, 0.25) is 0 Å². The zero-order valence-electron chi connectivity index (χ0n) is 6.49. The van der Waals surface area contributed by atoms with Crippen molar-refractivity contribution >= 4 is 12.4 Å². The fourth-order valence-electron chi connectivity index (χ4n) is 0.834. The molecule has 0 aliphatic carbocycles. The summed E-state index contributed by atoms with van der Waals surface area (Å²) in [5, 5.41) is 0. The Morgan fingerprint density at radius 3 is 2.91 bits per heavy atom. The van der Waals surface area contributed by atoms with Gasteiger partial charge in [-0.1, -0.05) is 12.1 Å². The van der Waals surface area contributed by atoms with E-state index in [2.05, 4.69) is 16.7 Å². The first kappa shape index (κ1) is 7.66. The maximum atomic E-state index is 4.12. The predicted molar refractivity (Wildman–Crippen MR) is 47.4 cm³/mol. The van der Waals surface area contributed by atoms with Crippen LogP contribution in [0.5, 0.6) is 0 Å². The molecule has 2 nitrogen and oxygen atoms in total. The minimum atomic E-state index is 0.825. The van der Waals surface area contributed by atoms with Gasteiger partial charge in [-0.2, -0.15) is 0 Å². The molecule has 0 saturated carbocycles. The van der Waals surface area contributed by atoms with Gasteiger partial charge in [0, 0.05) is 6.20 Å². The molecule has 1 aromatic heterocycles. The molecule has 0 N–H and O–H groups in total. The van der Waals surface area contributed by atoms with Gasteiger partial charge in [0.15, 0.2) is 0 Å². The number of nitrogens with zero attached hydrogens (tertiary/aromatic N) is 2. The molecule has 0 radical (unpaired) electrons. The van der Waals surface area contributed by atoms with Gasteiger partial charge in [0.1, 0.15) is 0 Å². The Morgan fingerprint density at radius 2 is 2.45 bits per heavy atom. The van der Waals surface area contributed by atoms with Crippen molar-refractivity contribution in [3.8, 4) is 0 Å². The Morgan fingerprint density at radius 1 is 1.64 bits per heavy atom. The van der Waals surface area contributed by atoms with Gasteiger partial charge < -0.3 is 0 Å². The van der Waals surface area contributed by atoms with Gasteiger partial charge in [0.25, 0.3) is 0 Å². The van der Waals surface area contributed by atoms with Crippen molar-refractivity contribution in [3.05, 3.63) is 36.2 Å². The molecule has 0 aliphatic rings. The normalized spacial score (nSPS) is 11.2. The second kappa shape index (κ2) is 3.66. The van der Waals surface area contributed by atoms with Crippen molar-refractivity contribution in [1.82, 2.24) is 4.98 Å². The van der Waals surface area contributed by atoms with Crippen LogP contribution in [0.3, 0.4) is 0 Å². The predicted octanol–water partition coefficient (Wildman–Crippen LogP) is 2.14. The van der Waals surface area contributed by atoms with Gasteiger partial charge in [0.05, 0.1) is 11.4 Å². The number of hydrogen-bond acceptors (Lipinski definition) is 2. The van der Waals surface area contributed by atoms with Crippen LogP contribution in [-0.2, 0) is 0 Å². The lowest BCUT2D eigenvalue weighted by Crippen LogP contribution is -1.83. The van der Waals surface area contributed by atoms with Gasteiger partial charge >= 0.3 is 0 Å². The lowest BCUT2D eigenvalue weighted by atomic mass is 10.3. The molecule has 1 aromatic rings. The molecule has 1 rings (SSSR count). The maximum Gasteiger partial charge on any atom is 0.0882 e. The van der Waals surface area contributed by atoms with E-state index in [4.69, 9.17) is 0 Å². The van der Waals surface area contributed by atoms with Crippen LogP contribution in [0.1, 0.15) is 12.6 Å². The highest BCUT2D eigenvalue weighted by molar-refractivity contribution is 5.64. The summed E-state index contributed by atoms with van der Waals surface area (Å²) in [6, 6.07) is 5.71. The standard InChI is InChI=1S/C9H10N2/c1-3-8(10-2)9-6-4-5-7-11-9/h3-7H,2H2,1H3/b8-3-. The molecule has 11 heavy (non-hydrogen) atoms. The summed E-state index contributed by atoms with van der Waals surface area (Å²) in [5.41, 5.74) is 1.69. The average molecular weight is 146 g/mol. The molecule has 0 fully saturated rings. The number of hydrogen-bond donors (Lipinski definition) is 0. The van der Waals surface area contributed by atoms with E-state index in [0.29, 0.717) is 0 Å². The third-order valence-corrected chi connectivity index (χ3v) is 1.37. The Hall–Kier alpha value is -1.44. The lowest BCUT2D eigenvalue weighted by Gasteiger charge is -1.96. The Bertz CT molecular complexity index is 262. The smallest absolute Gasteiger partial charge is 0.0882 e. The summed E-state index contributed by atoms with van der Waals surface area (Å²) in [7, 11) is 0. The number of aromatic nitrogens is 1. The number of pyridine rings is 1. The van der Waals surface area contributed by atoms with Crippen molar-refractivity contribution in [3.63, 3.8) is 0 Å². The maximum absolute atomic E-state index is 4.12. The third-order valence-electron chi connectivity index (χ3n) is 1.37. The molecule has 1 heterocycles. The Kier molecular flexibility index (Phi) is 2.55. The quantitative estimate of drug-likeness (QED) is 0.587. The summed E-state index contributed by atoms with van der Waals surface area (Å²) in [5.74, 6) is 0. The summed E-state index contributed by atoms with van der Waals surface area (Å²) in [6.07, 6.45) is 3.62. The first-order valence-corrected chi connectivity index (χ1v) is 3.43. The van der Waals surface area contributed by atoms with Crippen molar-refractivity contribution in [2.45, 2.75) is 6.92 Å². The van der Waals surface area contributed by atoms with Gasteiger partial charge in [-0.3, -0.25) is 9.98 Å². The second-order valence-electron chi connectivity index (χ2n) is 2.05. The molecule has 0 aliphatic heterocycles. The summed E-state index contributed by atoms with van der Waals surface area (Å²) >= 11 is 0. The van der Waals surface area contributed by atoms with E-state index in [0.717, 1.165) is 11.4 Å². The number of allylic oxidation sites excluding steroid dienone is 1. The SMILES string of the molecule is C=N/C(=C\C)c1ccccn1. The molecule has 0 atom stereocenters. The van der Waals surface area contributed by atoms with E-state index in [9.17, 15) is 0 Å². The first-order chi connectivity index (χ1) is 5.38. The fourth-order valence-corrected chi connectivity index (χ4v) is 0.834. The number of aliphatic imine (C=N–C) groups is 1. The largest absolute Gasteiger partial charge is 0.263 e. The van der Waals surface area contributed by atoms with Crippen LogP contribution in [0.15, 0.2) is 35.5 Å². The third kappa shape index (κ3) is 1.74. The van der Waals surface area contributed by atoms with E-state index in [-0.39, 0.29) is 0 Å². The van der Waals surface area contributed by atoms with Gasteiger partial charge in [-0.15, -0.1) is 0 Å². The van der Waals surface area contributed by atoms with Crippen molar-refractivity contribution in [2.75, 3.05) is 0 Å². The zero-order valence-corrected chi connectivity index (χ0v) is 6.49. The zero-order chi connectivity index (χ0) is 8.10. The van der Waals surface area contributed by atoms with Crippen LogP contribution in [0.25, 0.3) is 5.70 Å². The molecular weight excluding hydrogens is 136 g/mol. The van der Waals surface area contributed by atoms with Crippen LogP contribution < -0.4 is 0 Å². The molecule has 0 aromatic carbocycles. The molecular formula is C9H10N2. The van der Waals surface area contributed by atoms with Gasteiger partial charge in [-0.25, -0.2) is 0 Å². The van der Waals surface area contributed by atoms with Crippen molar-refractivity contribution in [2.24, 2.45) is 4.99 Å². The number of rotatable bonds is 2. The van der Waals surface area contributed by atoms with Crippen LogP contribution in [0, 0.1) is 0 Å².